The van der Waals surface area contributed by atoms with Gasteiger partial charge in [-0.25, -0.2) is 8.42 Å². The van der Waals surface area contributed by atoms with Crippen molar-refractivity contribution in [1.82, 2.24) is 4.31 Å². The Kier molecular flexibility index (Phi) is 7.19. The molecule has 142 valence electrons. The maximum atomic E-state index is 12.9. The molecule has 0 spiro atoms. The lowest BCUT2D eigenvalue weighted by Gasteiger charge is -2.18. The summed E-state index contributed by atoms with van der Waals surface area (Å²) in [6.07, 6.45) is 2.30. The van der Waals surface area contributed by atoms with E-state index in [-0.39, 0.29) is 29.3 Å². The molecule has 0 bridgehead atoms. The largest absolute Gasteiger partial charge is 0.508 e. The van der Waals surface area contributed by atoms with Crippen LogP contribution >= 0.6 is 0 Å². The Morgan fingerprint density at radius 1 is 1.15 bits per heavy atom. The number of hydrogen-bond acceptors (Lipinski definition) is 4. The lowest BCUT2D eigenvalue weighted by atomic mass is 10.1. The molecule has 2 aromatic carbocycles. The zero-order valence-corrected chi connectivity index (χ0v) is 16.1. The van der Waals surface area contributed by atoms with E-state index in [1.165, 1.54) is 10.4 Å². The number of rotatable bonds is 6. The molecule has 1 atom stereocenters. The highest BCUT2D eigenvalue weighted by Crippen LogP contribution is 2.22. The Morgan fingerprint density at radius 2 is 1.81 bits per heavy atom. The fourth-order valence-electron chi connectivity index (χ4n) is 2.36. The lowest BCUT2D eigenvalue weighted by Crippen LogP contribution is -2.31. The average molecular weight is 385 g/mol. The third-order valence-corrected chi connectivity index (χ3v) is 5.75. The molecule has 2 N–H and O–H groups in total. The summed E-state index contributed by atoms with van der Waals surface area (Å²) in [7, 11) is -3.71. The van der Waals surface area contributed by atoms with Crippen molar-refractivity contribution in [3.8, 4) is 17.6 Å². The fraction of sp³-hybridized carbons (Fsp3) is 0.238. The van der Waals surface area contributed by atoms with Crippen LogP contribution in [0, 0.1) is 18.8 Å². The van der Waals surface area contributed by atoms with Crippen LogP contribution in [0.25, 0.3) is 0 Å². The van der Waals surface area contributed by atoms with E-state index in [9.17, 15) is 18.6 Å². The van der Waals surface area contributed by atoms with Crippen molar-refractivity contribution in [1.29, 1.82) is 0 Å². The number of nitrogens with zero attached hydrogens (tertiary/aromatic N) is 1. The van der Waals surface area contributed by atoms with E-state index < -0.39 is 16.1 Å². The summed E-state index contributed by atoms with van der Waals surface area (Å²) in [5.41, 5.74) is 1.26. The van der Waals surface area contributed by atoms with Crippen molar-refractivity contribution in [3.63, 3.8) is 0 Å². The quantitative estimate of drug-likeness (QED) is 0.592. The molecular weight excluding hydrogens is 362 g/mol. The molecule has 0 aliphatic heterocycles. The Morgan fingerprint density at radius 3 is 2.44 bits per heavy atom. The highest BCUT2D eigenvalue weighted by molar-refractivity contribution is 7.89. The molecule has 2 rings (SSSR count). The van der Waals surface area contributed by atoms with Crippen LogP contribution in [0.2, 0.25) is 0 Å². The molecule has 6 heteroatoms. The molecule has 27 heavy (non-hydrogen) atoms. The molecule has 0 amide bonds. The summed E-state index contributed by atoms with van der Waals surface area (Å²) in [4.78, 5) is 0.195. The van der Waals surface area contributed by atoms with Crippen molar-refractivity contribution in [2.45, 2.75) is 24.8 Å². The Balaban J connectivity index is 2.23. The predicted molar refractivity (Wildman–Crippen MR) is 106 cm³/mol. The maximum absolute atomic E-state index is 12.9. The van der Waals surface area contributed by atoms with Gasteiger partial charge in [-0.05, 0) is 32.0 Å². The molecule has 0 fully saturated rings. The zero-order valence-electron chi connectivity index (χ0n) is 15.3. The van der Waals surface area contributed by atoms with Gasteiger partial charge in [0.15, 0.2) is 0 Å². The van der Waals surface area contributed by atoms with Gasteiger partial charge in [-0.1, -0.05) is 59.9 Å². The van der Waals surface area contributed by atoms with Crippen LogP contribution in [0.5, 0.6) is 5.75 Å². The molecule has 5 nitrogen and oxygen atoms in total. The molecule has 1 unspecified atom stereocenters. The molecule has 0 aliphatic rings. The van der Waals surface area contributed by atoms with Gasteiger partial charge in [0.1, 0.15) is 11.9 Å². The zero-order chi connectivity index (χ0) is 19.9. The Bertz CT molecular complexity index is 954. The normalized spacial score (nSPS) is 12.7. The highest BCUT2D eigenvalue weighted by Gasteiger charge is 2.22. The van der Waals surface area contributed by atoms with Gasteiger partial charge in [-0.15, -0.1) is 0 Å². The van der Waals surface area contributed by atoms with Gasteiger partial charge < -0.3 is 10.2 Å². The van der Waals surface area contributed by atoms with Crippen LogP contribution < -0.4 is 0 Å². The first kappa shape index (κ1) is 20.7. The smallest absolute Gasteiger partial charge is 0.244 e. The number of allylic oxidation sites excluding steroid dienone is 1. The van der Waals surface area contributed by atoms with Crippen LogP contribution in [-0.2, 0) is 10.0 Å². The van der Waals surface area contributed by atoms with Crippen LogP contribution in [0.15, 0.2) is 65.6 Å². The monoisotopic (exact) mass is 385 g/mol. The van der Waals surface area contributed by atoms with Gasteiger partial charge >= 0.3 is 0 Å². The van der Waals surface area contributed by atoms with Gasteiger partial charge in [0, 0.05) is 12.1 Å². The summed E-state index contributed by atoms with van der Waals surface area (Å²) >= 11 is 0. The summed E-state index contributed by atoms with van der Waals surface area (Å²) in [5, 5.41) is 19.9. The number of hydrogen-bond donors (Lipinski definition) is 2. The van der Waals surface area contributed by atoms with E-state index >= 15 is 0 Å². The lowest BCUT2D eigenvalue weighted by molar-refractivity contribution is 0.233. The number of benzene rings is 2. The number of aliphatic hydroxyl groups is 1. The van der Waals surface area contributed by atoms with Crippen LogP contribution in [0.3, 0.4) is 0 Å². The number of aryl methyl sites for hydroxylation is 1. The highest BCUT2D eigenvalue weighted by atomic mass is 32.2. The van der Waals surface area contributed by atoms with E-state index in [4.69, 9.17) is 0 Å². The number of phenolic OH excluding ortho intramolecular Hbond substituents is 1. The Labute approximate surface area is 160 Å². The summed E-state index contributed by atoms with van der Waals surface area (Å²) in [5.74, 6) is 5.25. The van der Waals surface area contributed by atoms with E-state index in [0.29, 0.717) is 0 Å². The average Bonchev–Trinajstić information content (AvgIpc) is 2.65. The minimum atomic E-state index is -3.71. The fourth-order valence-corrected chi connectivity index (χ4v) is 3.65. The first-order valence-electron chi connectivity index (χ1n) is 8.48. The molecule has 0 heterocycles. The van der Waals surface area contributed by atoms with Crippen molar-refractivity contribution in [2.24, 2.45) is 0 Å². The van der Waals surface area contributed by atoms with Crippen LogP contribution in [-0.4, -0.2) is 36.0 Å². The number of aliphatic hydroxyl groups excluding tert-OH is 1. The summed E-state index contributed by atoms with van der Waals surface area (Å²) in [6.45, 7) is 3.80. The van der Waals surface area contributed by atoms with Gasteiger partial charge in [-0.2, -0.15) is 4.31 Å². The van der Waals surface area contributed by atoms with Gasteiger partial charge in [0.2, 0.25) is 10.0 Å². The minimum Gasteiger partial charge on any atom is -0.508 e. The number of phenols is 1. The number of aromatic hydroxyl groups is 1. The molecule has 0 aromatic heterocycles. The van der Waals surface area contributed by atoms with E-state index in [0.717, 1.165) is 5.56 Å². The summed E-state index contributed by atoms with van der Waals surface area (Å²) in [6, 6.07) is 13.0. The van der Waals surface area contributed by atoms with E-state index in [1.54, 1.807) is 54.6 Å². The predicted octanol–water partition coefficient (Wildman–Crippen LogP) is 3.00. The molecule has 0 radical (unpaired) electrons. The second-order valence-corrected chi connectivity index (χ2v) is 7.90. The van der Waals surface area contributed by atoms with Crippen molar-refractivity contribution >= 4 is 10.0 Å². The second kappa shape index (κ2) is 9.38. The van der Waals surface area contributed by atoms with E-state index in [1.807, 2.05) is 13.8 Å². The molecule has 0 aliphatic carbocycles. The first-order chi connectivity index (χ1) is 12.9. The third-order valence-electron chi connectivity index (χ3n) is 3.93. The van der Waals surface area contributed by atoms with Crippen LogP contribution in [0.1, 0.15) is 24.2 Å². The van der Waals surface area contributed by atoms with Gasteiger partial charge in [-0.3, -0.25) is 0 Å². The first-order valence-corrected chi connectivity index (χ1v) is 9.92. The molecule has 0 saturated heterocycles. The molecule has 0 saturated carbocycles. The minimum absolute atomic E-state index is 0.0580. The van der Waals surface area contributed by atoms with Gasteiger partial charge in [0.25, 0.3) is 0 Å². The van der Waals surface area contributed by atoms with Crippen molar-refractivity contribution in [3.05, 3.63) is 71.8 Å². The molecule has 2 aromatic rings. The standard InChI is InChI=1S/C21H23NO4S/c1-3-4-15-22(27(25,26)18-13-11-17(2)12-14-18)16-7-10-21(24)19-8-5-6-9-20(19)23/h3-6,8-9,11-14,21,23-24H,15-16H2,1-2H3/b4-3+. The number of para-hydroxylation sites is 1. The van der Waals surface area contributed by atoms with Crippen LogP contribution in [0.4, 0.5) is 0 Å². The second-order valence-electron chi connectivity index (χ2n) is 5.96. The maximum Gasteiger partial charge on any atom is 0.244 e. The Hall–Kier alpha value is -2.59. The van der Waals surface area contributed by atoms with Crippen molar-refractivity contribution in [2.75, 3.05) is 13.1 Å². The van der Waals surface area contributed by atoms with E-state index in [2.05, 4.69) is 11.8 Å². The number of sulfonamides is 1. The third kappa shape index (κ3) is 5.44. The molecular formula is C21H23NO4S. The SMILES string of the molecule is C/C=C/CN(CC#CC(O)c1ccccc1O)S(=O)(=O)c1ccc(C)cc1. The topological polar surface area (TPSA) is 77.8 Å². The van der Waals surface area contributed by atoms with Crippen molar-refractivity contribution < 1.29 is 18.6 Å². The van der Waals surface area contributed by atoms with Gasteiger partial charge in [0.05, 0.1) is 11.4 Å². The summed E-state index contributed by atoms with van der Waals surface area (Å²) < 4.78 is 27.0.